The number of sulfonamides is 1. The molecule has 0 radical (unpaired) electrons. The van der Waals surface area contributed by atoms with Gasteiger partial charge in [-0.1, -0.05) is 6.07 Å². The molecule has 1 aliphatic rings. The van der Waals surface area contributed by atoms with E-state index in [0.29, 0.717) is 18.4 Å². The van der Waals surface area contributed by atoms with Crippen LogP contribution in [-0.2, 0) is 14.7 Å². The number of hydrogen-bond donors (Lipinski definition) is 1. The number of hydrogen-bond acceptors (Lipinski definition) is 4. The third-order valence-corrected chi connectivity index (χ3v) is 6.31. The maximum absolute atomic E-state index is 14.3. The van der Waals surface area contributed by atoms with Gasteiger partial charge in [0.15, 0.2) is 0 Å². The summed E-state index contributed by atoms with van der Waals surface area (Å²) in [6.07, 6.45) is 0.506. The molecule has 1 aromatic rings. The predicted molar refractivity (Wildman–Crippen MR) is 90.4 cm³/mol. The van der Waals surface area contributed by atoms with Gasteiger partial charge in [-0.25, -0.2) is 12.8 Å². The van der Waals surface area contributed by atoms with E-state index in [2.05, 4.69) is 0 Å². The Morgan fingerprint density at radius 3 is 2.43 bits per heavy atom. The van der Waals surface area contributed by atoms with Crippen LogP contribution in [0.15, 0.2) is 18.2 Å². The first-order valence-electron chi connectivity index (χ1n) is 7.59. The molecular formula is C15H23BFNO4S. The van der Waals surface area contributed by atoms with E-state index in [-0.39, 0.29) is 18.9 Å². The van der Waals surface area contributed by atoms with Gasteiger partial charge in [-0.15, -0.1) is 0 Å². The fraction of sp³-hybridized carbons (Fsp3) is 0.600. The van der Waals surface area contributed by atoms with Crippen molar-refractivity contribution >= 4 is 28.7 Å². The van der Waals surface area contributed by atoms with E-state index in [9.17, 15) is 17.9 Å². The lowest BCUT2D eigenvalue weighted by Gasteiger charge is -2.37. The molecule has 0 spiro atoms. The Kier molecular flexibility index (Phi) is 4.81. The standard InChI is InChI=1S/C15H23BFNO4S/c1-14(2,19)15(3,4)22-16-11-6-7-13(12(17)10-11)18-8-5-9-23(18,20)21/h6-7,10,16,19H,5,8-9H2,1-4H3. The van der Waals surface area contributed by atoms with E-state index >= 15 is 0 Å². The van der Waals surface area contributed by atoms with Gasteiger partial charge in [0.05, 0.1) is 22.6 Å². The Morgan fingerprint density at radius 2 is 1.96 bits per heavy atom. The molecule has 1 saturated heterocycles. The van der Waals surface area contributed by atoms with E-state index in [1.807, 2.05) is 0 Å². The maximum Gasteiger partial charge on any atom is 0.309 e. The van der Waals surface area contributed by atoms with Crippen molar-refractivity contribution in [3.8, 4) is 0 Å². The molecule has 0 saturated carbocycles. The van der Waals surface area contributed by atoms with Gasteiger partial charge in [0, 0.05) is 6.54 Å². The lowest BCUT2D eigenvalue weighted by molar-refractivity contribution is -0.0893. The number of aliphatic hydroxyl groups is 1. The maximum atomic E-state index is 14.3. The largest absolute Gasteiger partial charge is 0.427 e. The van der Waals surface area contributed by atoms with Crippen molar-refractivity contribution in [3.63, 3.8) is 0 Å². The van der Waals surface area contributed by atoms with Crippen molar-refractivity contribution in [3.05, 3.63) is 24.0 Å². The number of benzene rings is 1. The zero-order valence-corrected chi connectivity index (χ0v) is 14.8. The average Bonchev–Trinajstić information content (AvgIpc) is 2.75. The monoisotopic (exact) mass is 343 g/mol. The van der Waals surface area contributed by atoms with Gasteiger partial charge in [-0.05, 0) is 51.7 Å². The highest BCUT2D eigenvalue weighted by Gasteiger charge is 2.36. The molecule has 1 heterocycles. The molecule has 1 aliphatic heterocycles. The Hall–Kier alpha value is -1.12. The lowest BCUT2D eigenvalue weighted by atomic mass is 9.82. The first-order chi connectivity index (χ1) is 10.4. The van der Waals surface area contributed by atoms with Crippen molar-refractivity contribution in [2.45, 2.75) is 45.3 Å². The second-order valence-electron chi connectivity index (χ2n) is 6.89. The van der Waals surface area contributed by atoms with Crippen LogP contribution in [-0.4, -0.2) is 44.5 Å². The normalized spacial score (nSPS) is 18.3. The highest BCUT2D eigenvalue weighted by molar-refractivity contribution is 7.93. The van der Waals surface area contributed by atoms with Crippen LogP contribution in [0.4, 0.5) is 10.1 Å². The fourth-order valence-corrected chi connectivity index (χ4v) is 3.76. The molecule has 128 valence electrons. The van der Waals surface area contributed by atoms with Crippen LogP contribution in [0, 0.1) is 5.82 Å². The number of anilines is 1. The van der Waals surface area contributed by atoms with Crippen molar-refractivity contribution in [1.29, 1.82) is 0 Å². The fourth-order valence-electron chi connectivity index (χ4n) is 2.19. The zero-order valence-electron chi connectivity index (χ0n) is 14.0. The van der Waals surface area contributed by atoms with E-state index in [4.69, 9.17) is 4.65 Å². The summed E-state index contributed by atoms with van der Waals surface area (Å²) in [7, 11) is -3.28. The topological polar surface area (TPSA) is 66.8 Å². The van der Waals surface area contributed by atoms with E-state index in [1.165, 1.54) is 12.1 Å². The molecule has 0 aliphatic carbocycles. The Balaban J connectivity index is 2.14. The molecule has 0 bridgehead atoms. The van der Waals surface area contributed by atoms with Gasteiger partial charge < -0.3 is 9.76 Å². The van der Waals surface area contributed by atoms with Gasteiger partial charge in [0.2, 0.25) is 10.0 Å². The Bertz CT molecular complexity index is 685. The van der Waals surface area contributed by atoms with E-state index in [1.54, 1.807) is 33.8 Å². The van der Waals surface area contributed by atoms with Crippen LogP contribution in [0.2, 0.25) is 0 Å². The van der Waals surface area contributed by atoms with Gasteiger partial charge >= 0.3 is 7.48 Å². The van der Waals surface area contributed by atoms with Crippen molar-refractivity contribution in [2.75, 3.05) is 16.6 Å². The second-order valence-corrected chi connectivity index (χ2v) is 8.90. The quantitative estimate of drug-likeness (QED) is 0.807. The Labute approximate surface area is 137 Å². The molecule has 0 unspecified atom stereocenters. The smallest absolute Gasteiger partial charge is 0.309 e. The van der Waals surface area contributed by atoms with Crippen LogP contribution in [0.1, 0.15) is 34.1 Å². The minimum absolute atomic E-state index is 0.0527. The van der Waals surface area contributed by atoms with Crippen molar-refractivity contribution < 1.29 is 22.6 Å². The first kappa shape index (κ1) is 18.2. The molecule has 8 heteroatoms. The van der Waals surface area contributed by atoms with Crippen molar-refractivity contribution in [1.82, 2.24) is 0 Å². The molecule has 5 nitrogen and oxygen atoms in total. The molecule has 23 heavy (non-hydrogen) atoms. The van der Waals surface area contributed by atoms with Crippen LogP contribution in [0.3, 0.4) is 0 Å². The molecule has 2 rings (SSSR count). The third-order valence-electron chi connectivity index (χ3n) is 4.45. The number of halogens is 1. The zero-order chi connectivity index (χ0) is 17.5. The van der Waals surface area contributed by atoms with Crippen LogP contribution >= 0.6 is 0 Å². The highest BCUT2D eigenvalue weighted by Crippen LogP contribution is 2.27. The summed E-state index contributed by atoms with van der Waals surface area (Å²) >= 11 is 0. The molecule has 0 atom stereocenters. The van der Waals surface area contributed by atoms with Gasteiger partial charge in [0.1, 0.15) is 5.82 Å². The number of nitrogens with zero attached hydrogens (tertiary/aromatic N) is 1. The van der Waals surface area contributed by atoms with Gasteiger partial charge in [0.25, 0.3) is 0 Å². The summed E-state index contributed by atoms with van der Waals surface area (Å²) in [5.74, 6) is -0.533. The summed E-state index contributed by atoms with van der Waals surface area (Å²) in [6, 6.07) is 4.39. The van der Waals surface area contributed by atoms with E-state index < -0.39 is 27.0 Å². The minimum Gasteiger partial charge on any atom is -0.427 e. The van der Waals surface area contributed by atoms with Crippen molar-refractivity contribution in [2.24, 2.45) is 0 Å². The van der Waals surface area contributed by atoms with Gasteiger partial charge in [-0.2, -0.15) is 0 Å². The Morgan fingerprint density at radius 1 is 1.30 bits per heavy atom. The molecule has 1 aromatic carbocycles. The molecule has 0 amide bonds. The summed E-state index contributed by atoms with van der Waals surface area (Å²) in [5.41, 5.74) is -1.19. The van der Waals surface area contributed by atoms with E-state index in [0.717, 1.165) is 4.31 Å². The summed E-state index contributed by atoms with van der Waals surface area (Å²) in [6.45, 7) is 7.12. The third kappa shape index (κ3) is 3.87. The van der Waals surface area contributed by atoms with Crippen LogP contribution in [0.5, 0.6) is 0 Å². The number of rotatable bonds is 5. The lowest BCUT2D eigenvalue weighted by Crippen LogP contribution is -2.49. The first-order valence-corrected chi connectivity index (χ1v) is 9.20. The van der Waals surface area contributed by atoms with Crippen LogP contribution in [0.25, 0.3) is 0 Å². The van der Waals surface area contributed by atoms with Gasteiger partial charge in [-0.3, -0.25) is 4.31 Å². The molecule has 1 N–H and O–H groups in total. The SMILES string of the molecule is CC(C)(O)C(C)(C)OBc1ccc(N2CCCS2(=O)=O)c(F)c1. The summed E-state index contributed by atoms with van der Waals surface area (Å²) < 4.78 is 44.8. The minimum atomic E-state index is -3.40. The summed E-state index contributed by atoms with van der Waals surface area (Å²) in [5, 5.41) is 10.1. The molecule has 1 fully saturated rings. The summed E-state index contributed by atoms with van der Waals surface area (Å²) in [4.78, 5) is 0. The second kappa shape index (κ2) is 6.07. The molecular weight excluding hydrogens is 320 g/mol. The predicted octanol–water partition coefficient (Wildman–Crippen LogP) is 0.909. The highest BCUT2D eigenvalue weighted by atomic mass is 32.2. The molecule has 0 aromatic heterocycles. The van der Waals surface area contributed by atoms with Crippen LogP contribution < -0.4 is 9.77 Å². The average molecular weight is 343 g/mol.